The summed E-state index contributed by atoms with van der Waals surface area (Å²) in [7, 11) is 3.29. The largest absolute Gasteiger partial charge is 0.468 e. The van der Waals surface area contributed by atoms with Crippen molar-refractivity contribution in [3.8, 4) is 0 Å². The Kier molecular flexibility index (Phi) is 4.84. The number of esters is 1. The van der Waals surface area contributed by atoms with Gasteiger partial charge in [0.25, 0.3) is 0 Å². The molecule has 1 aromatic heterocycles. The highest BCUT2D eigenvalue weighted by Crippen LogP contribution is 2.08. The lowest BCUT2D eigenvalue weighted by molar-refractivity contribution is -0.140. The fourth-order valence-corrected chi connectivity index (χ4v) is 1.89. The molecule has 0 fully saturated rings. The predicted octanol–water partition coefficient (Wildman–Crippen LogP) is 1.65. The van der Waals surface area contributed by atoms with Gasteiger partial charge in [0, 0.05) is 6.54 Å². The predicted molar refractivity (Wildman–Crippen MR) is 59.8 cm³/mol. The van der Waals surface area contributed by atoms with Gasteiger partial charge in [0.15, 0.2) is 0 Å². The number of rotatable bonds is 5. The number of carbonyl (C=O) groups is 1. The van der Waals surface area contributed by atoms with Crippen LogP contribution in [0, 0.1) is 0 Å². The molecule has 1 aromatic rings. The van der Waals surface area contributed by atoms with E-state index in [0.29, 0.717) is 13.1 Å². The molecule has 15 heavy (non-hydrogen) atoms. The van der Waals surface area contributed by atoms with E-state index in [1.54, 1.807) is 6.26 Å². The first-order chi connectivity index (χ1) is 7.13. The van der Waals surface area contributed by atoms with Gasteiger partial charge in [-0.1, -0.05) is 15.9 Å². The third kappa shape index (κ3) is 4.05. The van der Waals surface area contributed by atoms with E-state index in [2.05, 4.69) is 20.7 Å². The quantitative estimate of drug-likeness (QED) is 0.606. The van der Waals surface area contributed by atoms with E-state index >= 15 is 0 Å². The number of nitrogens with zero attached hydrogens (tertiary/aromatic N) is 1. The minimum absolute atomic E-state index is 0.263. The van der Waals surface area contributed by atoms with Crippen molar-refractivity contribution in [2.45, 2.75) is 11.4 Å². The molecule has 0 radical (unpaired) electrons. The van der Waals surface area contributed by atoms with Gasteiger partial charge in [-0.15, -0.1) is 0 Å². The maximum absolute atomic E-state index is 11.1. The van der Waals surface area contributed by atoms with Gasteiger partial charge in [-0.3, -0.25) is 9.69 Å². The lowest BCUT2D eigenvalue weighted by Crippen LogP contribution is -2.31. The minimum atomic E-state index is -0.303. The number of carbonyl (C=O) groups excluding carboxylic acids is 1. The Morgan fingerprint density at radius 3 is 3.00 bits per heavy atom. The summed E-state index contributed by atoms with van der Waals surface area (Å²) in [6.07, 6.45) is 1.63. The van der Waals surface area contributed by atoms with Crippen LogP contribution in [0.5, 0.6) is 0 Å². The minimum Gasteiger partial charge on any atom is -0.468 e. The average molecular weight is 276 g/mol. The van der Waals surface area contributed by atoms with Gasteiger partial charge in [0.05, 0.1) is 19.9 Å². The highest BCUT2D eigenvalue weighted by atomic mass is 79.9. The van der Waals surface area contributed by atoms with Gasteiger partial charge >= 0.3 is 5.97 Å². The van der Waals surface area contributed by atoms with Crippen molar-refractivity contribution in [1.29, 1.82) is 0 Å². The Morgan fingerprint density at radius 1 is 1.73 bits per heavy atom. The van der Waals surface area contributed by atoms with Gasteiger partial charge in [-0.05, 0) is 19.2 Å². The highest BCUT2D eigenvalue weighted by molar-refractivity contribution is 9.10. The molecule has 1 atom stereocenters. The number of halogens is 1. The summed E-state index contributed by atoms with van der Waals surface area (Å²) in [6, 6.07) is 3.74. The molecule has 5 heteroatoms. The molecular weight excluding hydrogens is 262 g/mol. The molecule has 4 nitrogen and oxygen atoms in total. The van der Waals surface area contributed by atoms with Crippen LogP contribution in [0.3, 0.4) is 0 Å². The molecule has 84 valence electrons. The Balaban J connectivity index is 2.35. The number of methoxy groups -OCH3 is 1. The van der Waals surface area contributed by atoms with Gasteiger partial charge in [-0.25, -0.2) is 0 Å². The van der Waals surface area contributed by atoms with Crippen molar-refractivity contribution in [3.63, 3.8) is 0 Å². The van der Waals surface area contributed by atoms with Crippen LogP contribution in [-0.2, 0) is 16.1 Å². The third-order valence-corrected chi connectivity index (χ3v) is 2.60. The first-order valence-corrected chi connectivity index (χ1v) is 5.48. The molecule has 0 aliphatic carbocycles. The number of hydrogen-bond donors (Lipinski definition) is 0. The number of alkyl halides is 1. The lowest BCUT2D eigenvalue weighted by Gasteiger charge is -2.17. The SMILES string of the molecule is COC(=O)C(Br)CN(C)Cc1ccco1. The molecule has 0 bridgehead atoms. The van der Waals surface area contributed by atoms with Crippen molar-refractivity contribution >= 4 is 21.9 Å². The van der Waals surface area contributed by atoms with Crippen molar-refractivity contribution in [2.24, 2.45) is 0 Å². The molecule has 0 saturated carbocycles. The second kappa shape index (κ2) is 5.92. The van der Waals surface area contributed by atoms with Crippen LogP contribution < -0.4 is 0 Å². The summed E-state index contributed by atoms with van der Waals surface area (Å²) >= 11 is 3.26. The monoisotopic (exact) mass is 275 g/mol. The van der Waals surface area contributed by atoms with Crippen LogP contribution in [0.1, 0.15) is 5.76 Å². The van der Waals surface area contributed by atoms with Crippen LogP contribution in [0.4, 0.5) is 0 Å². The van der Waals surface area contributed by atoms with Crippen molar-refractivity contribution in [1.82, 2.24) is 4.90 Å². The van der Waals surface area contributed by atoms with E-state index in [1.165, 1.54) is 7.11 Å². The molecule has 1 heterocycles. The van der Waals surface area contributed by atoms with Crippen LogP contribution in [0.2, 0.25) is 0 Å². The van der Waals surface area contributed by atoms with Gasteiger partial charge in [-0.2, -0.15) is 0 Å². The summed E-state index contributed by atoms with van der Waals surface area (Å²) < 4.78 is 9.81. The Bertz CT molecular complexity index is 300. The molecule has 0 aliphatic rings. The van der Waals surface area contributed by atoms with Gasteiger partial charge in [0.2, 0.25) is 0 Å². The highest BCUT2D eigenvalue weighted by Gasteiger charge is 2.17. The molecule has 0 spiro atoms. The summed E-state index contributed by atoms with van der Waals surface area (Å²) in [5.41, 5.74) is 0. The van der Waals surface area contributed by atoms with E-state index in [0.717, 1.165) is 5.76 Å². The maximum atomic E-state index is 11.1. The fraction of sp³-hybridized carbons (Fsp3) is 0.500. The molecule has 1 unspecified atom stereocenters. The molecule has 1 rings (SSSR count). The topological polar surface area (TPSA) is 42.7 Å². The molecule has 0 amide bonds. The van der Waals surface area contributed by atoms with Gasteiger partial charge in [0.1, 0.15) is 10.6 Å². The Morgan fingerprint density at radius 2 is 2.47 bits per heavy atom. The fourth-order valence-electron chi connectivity index (χ4n) is 1.21. The lowest BCUT2D eigenvalue weighted by atomic mass is 10.3. The van der Waals surface area contributed by atoms with E-state index in [1.807, 2.05) is 24.1 Å². The zero-order valence-electron chi connectivity index (χ0n) is 8.77. The van der Waals surface area contributed by atoms with Gasteiger partial charge < -0.3 is 9.15 Å². The maximum Gasteiger partial charge on any atom is 0.320 e. The van der Waals surface area contributed by atoms with Crippen LogP contribution in [0.25, 0.3) is 0 Å². The second-order valence-corrected chi connectivity index (χ2v) is 4.37. The zero-order chi connectivity index (χ0) is 11.3. The molecule has 0 saturated heterocycles. The first kappa shape index (κ1) is 12.3. The summed E-state index contributed by atoms with van der Waals surface area (Å²) in [4.78, 5) is 12.8. The summed E-state index contributed by atoms with van der Waals surface area (Å²) in [6.45, 7) is 1.25. The zero-order valence-corrected chi connectivity index (χ0v) is 10.4. The standard InChI is InChI=1S/C10H14BrNO3/c1-12(6-8-4-3-5-15-8)7-9(11)10(13)14-2/h3-5,9H,6-7H2,1-2H3. The number of furan rings is 1. The summed E-state index contributed by atoms with van der Waals surface area (Å²) in [5, 5.41) is 0. The summed E-state index contributed by atoms with van der Waals surface area (Å²) in [5.74, 6) is 0.614. The van der Waals surface area contributed by atoms with E-state index in [9.17, 15) is 4.79 Å². The molecule has 0 aromatic carbocycles. The van der Waals surface area contributed by atoms with Crippen molar-refractivity contribution in [3.05, 3.63) is 24.2 Å². The Labute approximate surface area is 97.3 Å². The van der Waals surface area contributed by atoms with Crippen LogP contribution >= 0.6 is 15.9 Å². The average Bonchev–Trinajstić information content (AvgIpc) is 2.68. The number of hydrogen-bond acceptors (Lipinski definition) is 4. The van der Waals surface area contributed by atoms with E-state index < -0.39 is 0 Å². The normalized spacial score (nSPS) is 12.8. The van der Waals surface area contributed by atoms with Crippen LogP contribution in [0.15, 0.2) is 22.8 Å². The molecule has 0 aliphatic heterocycles. The Hall–Kier alpha value is -0.810. The number of ether oxygens (including phenoxy) is 1. The first-order valence-electron chi connectivity index (χ1n) is 4.56. The smallest absolute Gasteiger partial charge is 0.320 e. The van der Waals surface area contributed by atoms with Crippen molar-refractivity contribution < 1.29 is 13.9 Å². The van der Waals surface area contributed by atoms with E-state index in [-0.39, 0.29) is 10.8 Å². The molecule has 0 N–H and O–H groups in total. The van der Waals surface area contributed by atoms with Crippen molar-refractivity contribution in [2.75, 3.05) is 20.7 Å². The third-order valence-electron chi connectivity index (χ3n) is 1.93. The van der Waals surface area contributed by atoms with Crippen LogP contribution in [-0.4, -0.2) is 36.4 Å². The molecular formula is C10H14BrNO3. The van der Waals surface area contributed by atoms with E-state index in [4.69, 9.17) is 4.42 Å². The second-order valence-electron chi connectivity index (χ2n) is 3.27.